The molecule has 1 rings (SSSR count). The lowest BCUT2D eigenvalue weighted by Gasteiger charge is -2.35. The Morgan fingerprint density at radius 3 is 1.27 bits per heavy atom. The van der Waals surface area contributed by atoms with E-state index in [0.29, 0.717) is 0 Å². The Balaban J connectivity index is 1.76. The summed E-state index contributed by atoms with van der Waals surface area (Å²) in [7, 11) is 4.95. The predicted octanol–water partition coefficient (Wildman–Crippen LogP) is 9.68. The molecule has 1 saturated carbocycles. The highest BCUT2D eigenvalue weighted by atomic mass is 15.3. The molecule has 180 valence electrons. The van der Waals surface area contributed by atoms with Crippen molar-refractivity contribution < 1.29 is 4.48 Å². The highest BCUT2D eigenvalue weighted by molar-refractivity contribution is 4.65. The summed E-state index contributed by atoms with van der Waals surface area (Å²) in [5.41, 5.74) is 0. The quantitative estimate of drug-likeness (QED) is 0.127. The molecule has 0 radical (unpaired) electrons. The molecule has 0 spiro atoms. The van der Waals surface area contributed by atoms with Gasteiger partial charge >= 0.3 is 0 Å². The summed E-state index contributed by atoms with van der Waals surface area (Å²) >= 11 is 0. The molecule has 1 heteroatoms. The van der Waals surface area contributed by atoms with Crippen LogP contribution in [0.1, 0.15) is 155 Å². The fourth-order valence-electron chi connectivity index (χ4n) is 5.60. The summed E-state index contributed by atoms with van der Waals surface area (Å²) < 4.78 is 1.27. The molecule has 0 amide bonds. The lowest BCUT2D eigenvalue weighted by Crippen LogP contribution is -2.44. The molecule has 0 N–H and O–H groups in total. The number of hydrogen-bond donors (Lipinski definition) is 0. The summed E-state index contributed by atoms with van der Waals surface area (Å²) in [6, 6.07) is 0. The van der Waals surface area contributed by atoms with E-state index >= 15 is 0 Å². The highest BCUT2D eigenvalue weighted by Gasteiger charge is 2.23. The van der Waals surface area contributed by atoms with Crippen LogP contribution >= 0.6 is 0 Å². The van der Waals surface area contributed by atoms with Gasteiger partial charge in [-0.3, -0.25) is 0 Å². The fraction of sp³-hybridized carbons (Fsp3) is 1.00. The van der Waals surface area contributed by atoms with Crippen LogP contribution < -0.4 is 0 Å². The van der Waals surface area contributed by atoms with Crippen molar-refractivity contribution in [2.45, 2.75) is 155 Å². The second kappa shape index (κ2) is 19.6. The van der Waals surface area contributed by atoms with Gasteiger partial charge in [-0.2, -0.15) is 0 Å². The average molecular weight is 423 g/mol. The van der Waals surface area contributed by atoms with Crippen molar-refractivity contribution in [1.82, 2.24) is 0 Å². The molecule has 0 heterocycles. The van der Waals surface area contributed by atoms with E-state index in [0.717, 1.165) is 5.92 Å². The standard InChI is InChI=1S/C29H60N/c1-4-5-6-7-8-9-10-11-12-13-14-15-16-17-18-19-20-24-27-30(2,3)28-29-25-22-21-23-26-29/h29H,4-28H2,1-3H3/q+1. The summed E-state index contributed by atoms with van der Waals surface area (Å²) in [4.78, 5) is 0. The van der Waals surface area contributed by atoms with Crippen LogP contribution in [0.5, 0.6) is 0 Å². The normalized spacial score (nSPS) is 15.7. The first kappa shape index (κ1) is 28.0. The first-order chi connectivity index (χ1) is 14.6. The summed E-state index contributed by atoms with van der Waals surface area (Å²) in [5, 5.41) is 0. The van der Waals surface area contributed by atoms with Crippen LogP contribution in [-0.2, 0) is 0 Å². The molecule has 0 aliphatic heterocycles. The largest absolute Gasteiger partial charge is 0.328 e. The average Bonchev–Trinajstić information content (AvgIpc) is 2.73. The lowest BCUT2D eigenvalue weighted by atomic mass is 9.88. The molecule has 0 aromatic heterocycles. The van der Waals surface area contributed by atoms with E-state index in [1.807, 2.05) is 0 Å². The molecule has 0 unspecified atom stereocenters. The maximum atomic E-state index is 2.47. The first-order valence-electron chi connectivity index (χ1n) is 14.5. The van der Waals surface area contributed by atoms with E-state index in [4.69, 9.17) is 0 Å². The molecule has 1 nitrogen and oxygen atoms in total. The van der Waals surface area contributed by atoms with Gasteiger partial charge in [0.05, 0.1) is 27.2 Å². The molecular weight excluding hydrogens is 362 g/mol. The Kier molecular flexibility index (Phi) is 18.3. The first-order valence-corrected chi connectivity index (χ1v) is 14.5. The number of unbranched alkanes of at least 4 members (excludes halogenated alkanes) is 17. The number of nitrogens with zero attached hydrogens (tertiary/aromatic N) is 1. The van der Waals surface area contributed by atoms with E-state index in [2.05, 4.69) is 21.0 Å². The molecule has 1 fully saturated rings. The van der Waals surface area contributed by atoms with Gasteiger partial charge in [-0.15, -0.1) is 0 Å². The summed E-state index contributed by atoms with van der Waals surface area (Å²) in [5.74, 6) is 1.02. The third-order valence-electron chi connectivity index (χ3n) is 7.59. The minimum Gasteiger partial charge on any atom is -0.328 e. The van der Waals surface area contributed by atoms with Gasteiger partial charge in [0.25, 0.3) is 0 Å². The second-order valence-corrected chi connectivity index (χ2v) is 11.4. The predicted molar refractivity (Wildman–Crippen MR) is 137 cm³/mol. The minimum atomic E-state index is 1.02. The van der Waals surface area contributed by atoms with Crippen molar-refractivity contribution in [1.29, 1.82) is 0 Å². The molecule has 0 aromatic rings. The fourth-order valence-corrected chi connectivity index (χ4v) is 5.60. The van der Waals surface area contributed by atoms with E-state index in [-0.39, 0.29) is 0 Å². The number of rotatable bonds is 21. The molecule has 1 aliphatic rings. The Hall–Kier alpha value is -0.0400. The Morgan fingerprint density at radius 2 is 0.867 bits per heavy atom. The van der Waals surface area contributed by atoms with Gasteiger partial charge in [0, 0.05) is 5.92 Å². The molecule has 1 aliphatic carbocycles. The Bertz CT molecular complexity index is 342. The van der Waals surface area contributed by atoms with E-state index < -0.39 is 0 Å². The molecule has 0 aromatic carbocycles. The van der Waals surface area contributed by atoms with Gasteiger partial charge in [0.15, 0.2) is 0 Å². The topological polar surface area (TPSA) is 0 Å². The zero-order valence-electron chi connectivity index (χ0n) is 21.7. The van der Waals surface area contributed by atoms with Gasteiger partial charge in [-0.1, -0.05) is 129 Å². The zero-order chi connectivity index (χ0) is 21.8. The van der Waals surface area contributed by atoms with Crippen molar-refractivity contribution in [3.05, 3.63) is 0 Å². The Labute approximate surface area is 192 Å². The molecule has 0 atom stereocenters. The SMILES string of the molecule is CCCCCCCCCCCCCCCCCCCC[N+](C)(C)CC1CCCCC1. The number of hydrogen-bond acceptors (Lipinski definition) is 0. The van der Waals surface area contributed by atoms with E-state index in [1.54, 1.807) is 0 Å². The van der Waals surface area contributed by atoms with E-state index in [9.17, 15) is 0 Å². The van der Waals surface area contributed by atoms with Crippen LogP contribution in [0.15, 0.2) is 0 Å². The zero-order valence-corrected chi connectivity index (χ0v) is 21.7. The van der Waals surface area contributed by atoms with E-state index in [1.165, 1.54) is 165 Å². The molecule has 30 heavy (non-hydrogen) atoms. The third kappa shape index (κ3) is 17.6. The monoisotopic (exact) mass is 422 g/mol. The van der Waals surface area contributed by atoms with Gasteiger partial charge in [-0.05, 0) is 25.7 Å². The van der Waals surface area contributed by atoms with Crippen LogP contribution in [0.25, 0.3) is 0 Å². The minimum absolute atomic E-state index is 1.02. The second-order valence-electron chi connectivity index (χ2n) is 11.4. The van der Waals surface area contributed by atoms with Crippen molar-refractivity contribution in [2.75, 3.05) is 27.2 Å². The van der Waals surface area contributed by atoms with Gasteiger partial charge in [0.2, 0.25) is 0 Å². The smallest absolute Gasteiger partial charge is 0.0811 e. The van der Waals surface area contributed by atoms with Crippen LogP contribution in [0.3, 0.4) is 0 Å². The molecular formula is C29H60N+. The summed E-state index contributed by atoms with van der Waals surface area (Å²) in [6.07, 6.45) is 34.0. The van der Waals surface area contributed by atoms with Crippen LogP contribution in [0.4, 0.5) is 0 Å². The van der Waals surface area contributed by atoms with Crippen molar-refractivity contribution >= 4 is 0 Å². The summed E-state index contributed by atoms with van der Waals surface area (Å²) in [6.45, 7) is 5.13. The number of quaternary nitrogens is 1. The van der Waals surface area contributed by atoms with Crippen LogP contribution in [0.2, 0.25) is 0 Å². The highest BCUT2D eigenvalue weighted by Crippen LogP contribution is 2.26. The maximum absolute atomic E-state index is 2.47. The van der Waals surface area contributed by atoms with Gasteiger partial charge < -0.3 is 4.48 Å². The van der Waals surface area contributed by atoms with Gasteiger partial charge in [0.1, 0.15) is 0 Å². The maximum Gasteiger partial charge on any atom is 0.0811 e. The van der Waals surface area contributed by atoms with Crippen molar-refractivity contribution in [2.24, 2.45) is 5.92 Å². The molecule has 0 bridgehead atoms. The van der Waals surface area contributed by atoms with Gasteiger partial charge in [-0.25, -0.2) is 0 Å². The van der Waals surface area contributed by atoms with Crippen molar-refractivity contribution in [3.63, 3.8) is 0 Å². The Morgan fingerprint density at radius 1 is 0.500 bits per heavy atom. The van der Waals surface area contributed by atoms with Crippen molar-refractivity contribution in [3.8, 4) is 0 Å². The van der Waals surface area contributed by atoms with Crippen LogP contribution in [0, 0.1) is 5.92 Å². The third-order valence-corrected chi connectivity index (χ3v) is 7.59. The lowest BCUT2D eigenvalue weighted by molar-refractivity contribution is -0.894. The van der Waals surface area contributed by atoms with Crippen LogP contribution in [-0.4, -0.2) is 31.7 Å². The molecule has 0 saturated heterocycles.